The van der Waals surface area contributed by atoms with E-state index >= 15 is 0 Å². The Bertz CT molecular complexity index is 1120. The van der Waals surface area contributed by atoms with Crippen molar-refractivity contribution in [2.24, 2.45) is 0 Å². The van der Waals surface area contributed by atoms with Crippen molar-refractivity contribution in [1.82, 2.24) is 14.5 Å². The largest absolute Gasteiger partial charge is 0.416 e. The Labute approximate surface area is 190 Å². The Kier molecular flexibility index (Phi) is 7.13. The lowest BCUT2D eigenvalue weighted by molar-refractivity contribution is -0.138. The van der Waals surface area contributed by atoms with Crippen LogP contribution < -0.4 is 5.32 Å². The molecule has 0 bridgehead atoms. The number of rotatable bonds is 5. The minimum atomic E-state index is -4.47. The van der Waals surface area contributed by atoms with Gasteiger partial charge in [-0.05, 0) is 36.8 Å². The summed E-state index contributed by atoms with van der Waals surface area (Å²) >= 11 is 0. The number of nitrogens with zero attached hydrogens (tertiary/aromatic N) is 2. The molecule has 1 fully saturated rings. The lowest BCUT2D eigenvalue weighted by Crippen LogP contribution is -2.61. The molecule has 0 saturated carbocycles. The van der Waals surface area contributed by atoms with Crippen molar-refractivity contribution in [2.45, 2.75) is 37.5 Å². The highest BCUT2D eigenvalue weighted by atomic mass is 32.2. The third kappa shape index (κ3) is 5.72. The number of piperazine rings is 1. The molecule has 1 N–H and O–H groups in total. The van der Waals surface area contributed by atoms with Crippen LogP contribution in [0.4, 0.5) is 13.2 Å². The molecule has 2 aromatic carbocycles. The van der Waals surface area contributed by atoms with E-state index in [4.69, 9.17) is 0 Å². The normalized spacial score (nSPS) is 17.6. The van der Waals surface area contributed by atoms with Crippen LogP contribution in [0, 0.1) is 6.92 Å². The first kappa shape index (κ1) is 24.7. The number of nitrogens with one attached hydrogen (secondary N) is 1. The minimum absolute atomic E-state index is 0.0323. The third-order valence-corrected chi connectivity index (χ3v) is 7.38. The number of benzene rings is 2. The molecule has 2 amide bonds. The third-order valence-electron chi connectivity index (χ3n) is 5.45. The summed E-state index contributed by atoms with van der Waals surface area (Å²) in [6.07, 6.45) is -4.47. The Morgan fingerprint density at radius 2 is 1.64 bits per heavy atom. The van der Waals surface area contributed by atoms with Gasteiger partial charge in [-0.25, -0.2) is 8.42 Å². The van der Waals surface area contributed by atoms with E-state index in [0.717, 1.165) is 22.0 Å². The molecule has 0 aromatic heterocycles. The molecule has 11 heteroatoms. The van der Waals surface area contributed by atoms with Crippen molar-refractivity contribution < 1.29 is 31.2 Å². The molecule has 0 radical (unpaired) electrons. The van der Waals surface area contributed by atoms with Gasteiger partial charge >= 0.3 is 6.18 Å². The highest BCUT2D eigenvalue weighted by Gasteiger charge is 2.40. The number of hydrogen-bond donors (Lipinski definition) is 1. The second-order valence-corrected chi connectivity index (χ2v) is 9.71. The predicted octanol–water partition coefficient (Wildman–Crippen LogP) is 2.55. The molecule has 3 rings (SSSR count). The van der Waals surface area contributed by atoms with Crippen LogP contribution in [0.2, 0.25) is 0 Å². The summed E-state index contributed by atoms with van der Waals surface area (Å²) in [5.41, 5.74) is 0.488. The zero-order valence-electron chi connectivity index (χ0n) is 18.1. The van der Waals surface area contributed by atoms with Crippen LogP contribution in [0.5, 0.6) is 0 Å². The fraction of sp³-hybridized carbons (Fsp3) is 0.364. The number of alkyl halides is 3. The lowest BCUT2D eigenvalue weighted by atomic mass is 10.1. The highest BCUT2D eigenvalue weighted by Crippen LogP contribution is 2.29. The molecular formula is C22H24F3N3O4S. The van der Waals surface area contributed by atoms with Crippen molar-refractivity contribution in [3.63, 3.8) is 0 Å². The molecule has 178 valence electrons. The van der Waals surface area contributed by atoms with Crippen molar-refractivity contribution in [2.75, 3.05) is 19.6 Å². The molecule has 1 unspecified atom stereocenters. The van der Waals surface area contributed by atoms with E-state index in [1.165, 1.54) is 36.1 Å². The topological polar surface area (TPSA) is 86.8 Å². The maximum absolute atomic E-state index is 13.2. The zero-order valence-corrected chi connectivity index (χ0v) is 18.9. The Morgan fingerprint density at radius 1 is 1.03 bits per heavy atom. The number of amides is 2. The molecule has 1 aliphatic heterocycles. The van der Waals surface area contributed by atoms with Gasteiger partial charge in [-0.15, -0.1) is 0 Å². The van der Waals surface area contributed by atoms with Gasteiger partial charge in [0.1, 0.15) is 6.04 Å². The SMILES string of the molecule is CC(=O)N1CCN(S(=O)(=O)c2ccc(C)cc2)C(C(=O)NCc2ccc(C(F)(F)F)cc2)C1. The fourth-order valence-electron chi connectivity index (χ4n) is 3.52. The first-order valence-electron chi connectivity index (χ1n) is 10.2. The molecule has 1 saturated heterocycles. The maximum Gasteiger partial charge on any atom is 0.416 e. The molecule has 1 atom stereocenters. The molecule has 0 spiro atoms. The molecule has 7 nitrogen and oxygen atoms in total. The number of carbonyl (C=O) groups is 2. The summed E-state index contributed by atoms with van der Waals surface area (Å²) in [7, 11) is -4.02. The Morgan fingerprint density at radius 3 is 2.18 bits per heavy atom. The van der Waals surface area contributed by atoms with Crippen LogP contribution >= 0.6 is 0 Å². The van der Waals surface area contributed by atoms with E-state index in [1.807, 2.05) is 6.92 Å². The average molecular weight is 484 g/mol. The van der Waals surface area contributed by atoms with E-state index in [0.29, 0.717) is 5.56 Å². The Hall–Kier alpha value is -2.92. The predicted molar refractivity (Wildman–Crippen MR) is 114 cm³/mol. The second kappa shape index (κ2) is 9.52. The van der Waals surface area contributed by atoms with Crippen molar-refractivity contribution in [3.8, 4) is 0 Å². The standard InChI is InChI=1S/C22H24F3N3O4S/c1-15-3-9-19(10-4-15)33(31,32)28-12-11-27(16(2)29)14-20(28)21(30)26-13-17-5-7-18(8-6-17)22(23,24)25/h3-10,20H,11-14H2,1-2H3,(H,26,30). The lowest BCUT2D eigenvalue weighted by Gasteiger charge is -2.39. The summed E-state index contributed by atoms with van der Waals surface area (Å²) in [5, 5.41) is 2.58. The molecule has 2 aromatic rings. The highest BCUT2D eigenvalue weighted by molar-refractivity contribution is 7.89. The quantitative estimate of drug-likeness (QED) is 0.708. The number of hydrogen-bond acceptors (Lipinski definition) is 4. The zero-order chi connectivity index (χ0) is 24.4. The van der Waals surface area contributed by atoms with Crippen LogP contribution in [0.3, 0.4) is 0 Å². The van der Waals surface area contributed by atoms with Gasteiger partial charge < -0.3 is 10.2 Å². The van der Waals surface area contributed by atoms with Crippen molar-refractivity contribution >= 4 is 21.8 Å². The molecule has 1 heterocycles. The van der Waals surface area contributed by atoms with E-state index < -0.39 is 33.7 Å². The van der Waals surface area contributed by atoms with E-state index in [1.54, 1.807) is 12.1 Å². The molecule has 33 heavy (non-hydrogen) atoms. The smallest absolute Gasteiger partial charge is 0.351 e. The Balaban J connectivity index is 1.80. The minimum Gasteiger partial charge on any atom is -0.351 e. The number of aryl methyl sites for hydroxylation is 1. The van der Waals surface area contributed by atoms with Crippen LogP contribution in [0.25, 0.3) is 0 Å². The monoisotopic (exact) mass is 483 g/mol. The number of sulfonamides is 1. The average Bonchev–Trinajstić information content (AvgIpc) is 2.77. The van der Waals surface area contributed by atoms with Gasteiger partial charge in [-0.3, -0.25) is 9.59 Å². The van der Waals surface area contributed by atoms with Gasteiger partial charge in [0.25, 0.3) is 0 Å². The van der Waals surface area contributed by atoms with Crippen LogP contribution in [0.15, 0.2) is 53.4 Å². The van der Waals surface area contributed by atoms with Gasteiger partial charge in [0.2, 0.25) is 21.8 Å². The van der Waals surface area contributed by atoms with E-state index in [-0.39, 0.29) is 37.0 Å². The second-order valence-electron chi connectivity index (χ2n) is 7.82. The summed E-state index contributed by atoms with van der Waals surface area (Å²) in [6, 6.07) is 9.35. The first-order chi connectivity index (χ1) is 15.4. The first-order valence-corrected chi connectivity index (χ1v) is 11.6. The fourth-order valence-corrected chi connectivity index (χ4v) is 5.09. The van der Waals surface area contributed by atoms with Crippen molar-refractivity contribution in [1.29, 1.82) is 0 Å². The molecule has 1 aliphatic rings. The number of carbonyl (C=O) groups excluding carboxylic acids is 2. The van der Waals surface area contributed by atoms with Gasteiger partial charge in [0, 0.05) is 33.1 Å². The van der Waals surface area contributed by atoms with Gasteiger partial charge in [0.05, 0.1) is 10.5 Å². The van der Waals surface area contributed by atoms with Crippen LogP contribution in [-0.4, -0.2) is 55.1 Å². The van der Waals surface area contributed by atoms with Crippen LogP contribution in [0.1, 0.15) is 23.6 Å². The summed E-state index contributed by atoms with van der Waals surface area (Å²) in [5.74, 6) is -0.931. The van der Waals surface area contributed by atoms with Gasteiger partial charge in [0.15, 0.2) is 0 Å². The molecule has 0 aliphatic carbocycles. The van der Waals surface area contributed by atoms with E-state index in [2.05, 4.69) is 5.32 Å². The summed E-state index contributed by atoms with van der Waals surface area (Å²) < 4.78 is 65.7. The van der Waals surface area contributed by atoms with Crippen LogP contribution in [-0.2, 0) is 32.3 Å². The van der Waals surface area contributed by atoms with Gasteiger partial charge in [-0.2, -0.15) is 17.5 Å². The number of halogens is 3. The summed E-state index contributed by atoms with van der Waals surface area (Å²) in [4.78, 5) is 26.3. The van der Waals surface area contributed by atoms with E-state index in [9.17, 15) is 31.2 Å². The molecular weight excluding hydrogens is 459 g/mol. The summed E-state index contributed by atoms with van der Waals surface area (Å²) in [6.45, 7) is 3.02. The maximum atomic E-state index is 13.2. The van der Waals surface area contributed by atoms with Gasteiger partial charge in [-0.1, -0.05) is 29.8 Å². The van der Waals surface area contributed by atoms with Crippen molar-refractivity contribution in [3.05, 3.63) is 65.2 Å².